The number of nitrogens with one attached hydrogen (secondary N) is 1. The van der Waals surface area contributed by atoms with Crippen molar-refractivity contribution in [1.29, 1.82) is 0 Å². The number of nitrogens with two attached hydrogens (primary N) is 2. The maximum atomic E-state index is 12.5. The summed E-state index contributed by atoms with van der Waals surface area (Å²) in [7, 11) is 0. The van der Waals surface area contributed by atoms with Gasteiger partial charge in [0.15, 0.2) is 5.84 Å². The van der Waals surface area contributed by atoms with E-state index in [0.29, 0.717) is 12.0 Å². The van der Waals surface area contributed by atoms with E-state index in [1.807, 2.05) is 67.6 Å². The first-order valence-electron chi connectivity index (χ1n) is 11.4. The lowest BCUT2D eigenvalue weighted by molar-refractivity contribution is -0.144. The van der Waals surface area contributed by atoms with Crippen molar-refractivity contribution in [2.45, 2.75) is 32.7 Å². The van der Waals surface area contributed by atoms with E-state index in [1.54, 1.807) is 6.20 Å². The number of unbranched alkanes of at least 4 members (excludes halogenated alkanes) is 1. The minimum Gasteiger partial charge on any atom is -0.480 e. The van der Waals surface area contributed by atoms with E-state index in [4.69, 9.17) is 11.6 Å². The molecule has 182 valence electrons. The van der Waals surface area contributed by atoms with Gasteiger partial charge in [-0.05, 0) is 47.4 Å². The number of aliphatic carboxylic acids is 1. The molecule has 3 aromatic rings. The molecule has 0 aliphatic carbocycles. The standard InChI is InChI=1S/C26H30N6O3/c1-2-3-7-24(33)32(17-25(34)35)16-18-8-10-19(11-9-18)22-15-20(23-6-4-5-14-29-23)12-13-21(22)26(27)30-31-28/h4-6,8-15,31H,2-3,7,16-17,28H2,1H3,(H2,27,30)(H,34,35). The molecule has 0 atom stereocenters. The zero-order valence-corrected chi connectivity index (χ0v) is 19.6. The van der Waals surface area contributed by atoms with Crippen LogP contribution in [0.5, 0.6) is 0 Å². The Labute approximate surface area is 204 Å². The number of pyridine rings is 1. The zero-order chi connectivity index (χ0) is 25.2. The first kappa shape index (κ1) is 25.4. The van der Waals surface area contributed by atoms with Crippen molar-refractivity contribution < 1.29 is 14.7 Å². The van der Waals surface area contributed by atoms with Gasteiger partial charge in [-0.1, -0.05) is 49.7 Å². The van der Waals surface area contributed by atoms with Crippen LogP contribution in [0.4, 0.5) is 0 Å². The maximum absolute atomic E-state index is 12.5. The average molecular weight is 475 g/mol. The summed E-state index contributed by atoms with van der Waals surface area (Å²) in [5.41, 5.74) is 13.3. The molecule has 1 heterocycles. The number of hydrazone groups is 1. The number of amidine groups is 1. The second-order valence-corrected chi connectivity index (χ2v) is 8.05. The Balaban J connectivity index is 1.93. The summed E-state index contributed by atoms with van der Waals surface area (Å²) in [6.45, 7) is 1.88. The molecule has 1 aromatic heterocycles. The number of hydrogen-bond donors (Lipinski definition) is 4. The zero-order valence-electron chi connectivity index (χ0n) is 19.6. The largest absolute Gasteiger partial charge is 0.480 e. The molecule has 0 bridgehead atoms. The molecule has 0 spiro atoms. The Hall–Kier alpha value is -4.24. The summed E-state index contributed by atoms with van der Waals surface area (Å²) in [5.74, 6) is 4.36. The minimum atomic E-state index is -1.04. The molecule has 9 heteroatoms. The van der Waals surface area contributed by atoms with Crippen LogP contribution >= 0.6 is 0 Å². The number of rotatable bonds is 11. The SMILES string of the molecule is CCCCC(=O)N(CC(=O)O)Cc1ccc(-c2cc(-c3ccccn3)ccc2/C(N)=N/NN)cc1. The summed E-state index contributed by atoms with van der Waals surface area (Å²) >= 11 is 0. The number of benzene rings is 2. The predicted molar refractivity (Wildman–Crippen MR) is 136 cm³/mol. The fourth-order valence-corrected chi connectivity index (χ4v) is 3.72. The van der Waals surface area contributed by atoms with Crippen LogP contribution in [0.2, 0.25) is 0 Å². The number of hydrazine groups is 1. The molecule has 0 aliphatic heterocycles. The Kier molecular flexibility index (Phi) is 8.91. The quantitative estimate of drug-likeness (QED) is 0.144. The van der Waals surface area contributed by atoms with Crippen molar-refractivity contribution in [2.24, 2.45) is 16.7 Å². The molecular formula is C26H30N6O3. The number of carboxylic acid groups (broad SMARTS) is 1. The van der Waals surface area contributed by atoms with E-state index in [1.165, 1.54) is 4.90 Å². The second kappa shape index (κ2) is 12.3. The highest BCUT2D eigenvalue weighted by atomic mass is 16.4. The van der Waals surface area contributed by atoms with Crippen LogP contribution in [0.25, 0.3) is 22.4 Å². The van der Waals surface area contributed by atoms with Gasteiger partial charge in [0.25, 0.3) is 0 Å². The molecule has 35 heavy (non-hydrogen) atoms. The monoisotopic (exact) mass is 474 g/mol. The average Bonchev–Trinajstić information content (AvgIpc) is 2.87. The van der Waals surface area contributed by atoms with Crippen LogP contribution in [0, 0.1) is 0 Å². The summed E-state index contributed by atoms with van der Waals surface area (Å²) in [5, 5.41) is 13.2. The third-order valence-electron chi connectivity index (χ3n) is 5.50. The molecule has 0 saturated carbocycles. The van der Waals surface area contributed by atoms with Crippen molar-refractivity contribution in [2.75, 3.05) is 6.54 Å². The number of carbonyl (C=O) groups excluding carboxylic acids is 1. The van der Waals surface area contributed by atoms with E-state index in [9.17, 15) is 14.7 Å². The molecule has 2 aromatic carbocycles. The molecule has 9 nitrogen and oxygen atoms in total. The van der Waals surface area contributed by atoms with Gasteiger partial charge in [-0.3, -0.25) is 14.6 Å². The number of amides is 1. The van der Waals surface area contributed by atoms with Crippen molar-refractivity contribution >= 4 is 17.7 Å². The lowest BCUT2D eigenvalue weighted by atomic mass is 9.94. The molecule has 0 fully saturated rings. The van der Waals surface area contributed by atoms with E-state index < -0.39 is 5.97 Å². The molecule has 0 unspecified atom stereocenters. The number of aromatic nitrogens is 1. The van der Waals surface area contributed by atoms with Gasteiger partial charge in [-0.15, -0.1) is 5.10 Å². The van der Waals surface area contributed by atoms with E-state index in [0.717, 1.165) is 40.8 Å². The van der Waals surface area contributed by atoms with Crippen LogP contribution in [0.15, 0.2) is 72.0 Å². The molecule has 3 rings (SSSR count). The summed E-state index contributed by atoms with van der Waals surface area (Å²) < 4.78 is 0. The highest BCUT2D eigenvalue weighted by molar-refractivity contribution is 6.04. The van der Waals surface area contributed by atoms with Crippen LogP contribution in [-0.4, -0.2) is 39.2 Å². The third-order valence-corrected chi connectivity index (χ3v) is 5.50. The Morgan fingerprint density at radius 2 is 1.83 bits per heavy atom. The topological polar surface area (TPSA) is 147 Å². The highest BCUT2D eigenvalue weighted by Gasteiger charge is 2.17. The number of carbonyl (C=O) groups is 2. The van der Waals surface area contributed by atoms with Gasteiger partial charge in [0.2, 0.25) is 5.91 Å². The van der Waals surface area contributed by atoms with Crippen LogP contribution in [0.3, 0.4) is 0 Å². The molecule has 6 N–H and O–H groups in total. The number of hydrogen-bond acceptors (Lipinski definition) is 6. The Bertz CT molecular complexity index is 1180. The van der Waals surface area contributed by atoms with Crippen LogP contribution in [0.1, 0.15) is 37.3 Å². The molecule has 0 saturated heterocycles. The normalized spacial score (nSPS) is 11.2. The van der Waals surface area contributed by atoms with E-state index in [-0.39, 0.29) is 24.8 Å². The van der Waals surface area contributed by atoms with Gasteiger partial charge in [-0.2, -0.15) is 0 Å². The van der Waals surface area contributed by atoms with Crippen LogP contribution < -0.4 is 17.1 Å². The van der Waals surface area contributed by atoms with Gasteiger partial charge in [-0.25, -0.2) is 11.4 Å². The third kappa shape index (κ3) is 6.87. The number of carboxylic acids is 1. The smallest absolute Gasteiger partial charge is 0.323 e. The van der Waals surface area contributed by atoms with E-state index in [2.05, 4.69) is 15.6 Å². The van der Waals surface area contributed by atoms with Gasteiger partial charge in [0, 0.05) is 30.3 Å². The summed E-state index contributed by atoms with van der Waals surface area (Å²) in [6, 6.07) is 19.0. The molecule has 0 aliphatic rings. The Morgan fingerprint density at radius 3 is 2.46 bits per heavy atom. The van der Waals surface area contributed by atoms with Gasteiger partial charge >= 0.3 is 5.97 Å². The lowest BCUT2D eigenvalue weighted by Gasteiger charge is -2.21. The van der Waals surface area contributed by atoms with E-state index >= 15 is 0 Å². The first-order valence-corrected chi connectivity index (χ1v) is 11.4. The summed E-state index contributed by atoms with van der Waals surface area (Å²) in [4.78, 5) is 29.6. The fraction of sp³-hybridized carbons (Fsp3) is 0.231. The van der Waals surface area contributed by atoms with Crippen molar-refractivity contribution in [1.82, 2.24) is 15.4 Å². The molecule has 0 radical (unpaired) electrons. The van der Waals surface area contributed by atoms with Gasteiger partial charge in [0.1, 0.15) is 6.54 Å². The van der Waals surface area contributed by atoms with Gasteiger partial charge in [0.05, 0.1) is 5.69 Å². The molecule has 1 amide bonds. The van der Waals surface area contributed by atoms with Crippen molar-refractivity contribution in [3.63, 3.8) is 0 Å². The van der Waals surface area contributed by atoms with Crippen molar-refractivity contribution in [3.8, 4) is 22.4 Å². The maximum Gasteiger partial charge on any atom is 0.323 e. The number of nitrogens with zero attached hydrogens (tertiary/aromatic N) is 3. The van der Waals surface area contributed by atoms with Crippen molar-refractivity contribution in [3.05, 3.63) is 78.0 Å². The minimum absolute atomic E-state index is 0.165. The lowest BCUT2D eigenvalue weighted by Crippen LogP contribution is -2.35. The predicted octanol–water partition coefficient (Wildman–Crippen LogP) is 3.10. The van der Waals surface area contributed by atoms with Crippen LogP contribution in [-0.2, 0) is 16.1 Å². The second-order valence-electron chi connectivity index (χ2n) is 8.05. The molecular weight excluding hydrogens is 444 g/mol. The van der Waals surface area contributed by atoms with Gasteiger partial charge < -0.3 is 15.7 Å². The first-order chi connectivity index (χ1) is 16.9. The fourth-order valence-electron chi connectivity index (χ4n) is 3.72. The Morgan fingerprint density at radius 1 is 1.09 bits per heavy atom. The summed E-state index contributed by atoms with van der Waals surface area (Å²) in [6.07, 6.45) is 3.66. The highest BCUT2D eigenvalue weighted by Crippen LogP contribution is 2.29.